The van der Waals surface area contributed by atoms with Crippen LogP contribution >= 0.6 is 0 Å². The van der Waals surface area contributed by atoms with Gasteiger partial charge in [0.25, 0.3) is 5.56 Å². The Hall–Kier alpha value is -1.36. The standard InChI is InChI=1S/C14H24N4O/c1-10(2)18(9-12-6-4-5-7-15-12)13-8-14(19)17-11(3)16-13/h8,10,12,15H,4-7,9H2,1-3H3,(H,16,17,19). The number of aromatic nitrogens is 2. The van der Waals surface area contributed by atoms with Gasteiger partial charge in [0.1, 0.15) is 11.6 Å². The fraction of sp³-hybridized carbons (Fsp3) is 0.714. The molecule has 1 atom stereocenters. The van der Waals surface area contributed by atoms with E-state index in [0.717, 1.165) is 18.9 Å². The second-order valence-electron chi connectivity index (χ2n) is 5.58. The summed E-state index contributed by atoms with van der Waals surface area (Å²) in [6.07, 6.45) is 3.75. The van der Waals surface area contributed by atoms with Gasteiger partial charge in [-0.15, -0.1) is 0 Å². The van der Waals surface area contributed by atoms with Crippen LogP contribution in [0.3, 0.4) is 0 Å². The predicted octanol–water partition coefficient (Wildman–Crippen LogP) is 1.44. The van der Waals surface area contributed by atoms with Crippen molar-refractivity contribution in [3.05, 3.63) is 22.2 Å². The number of nitrogens with zero attached hydrogens (tertiary/aromatic N) is 2. The van der Waals surface area contributed by atoms with E-state index >= 15 is 0 Å². The van der Waals surface area contributed by atoms with Crippen molar-refractivity contribution in [1.82, 2.24) is 15.3 Å². The van der Waals surface area contributed by atoms with Crippen molar-refractivity contribution in [3.8, 4) is 0 Å². The third kappa shape index (κ3) is 3.80. The van der Waals surface area contributed by atoms with Crippen molar-refractivity contribution >= 4 is 5.82 Å². The zero-order valence-electron chi connectivity index (χ0n) is 12.1. The van der Waals surface area contributed by atoms with Gasteiger partial charge in [0.05, 0.1) is 0 Å². The summed E-state index contributed by atoms with van der Waals surface area (Å²) in [6.45, 7) is 8.11. The normalized spacial score (nSPS) is 19.7. The summed E-state index contributed by atoms with van der Waals surface area (Å²) in [5, 5.41) is 3.55. The Morgan fingerprint density at radius 1 is 1.47 bits per heavy atom. The summed E-state index contributed by atoms with van der Waals surface area (Å²) < 4.78 is 0. The number of nitrogens with one attached hydrogen (secondary N) is 2. The summed E-state index contributed by atoms with van der Waals surface area (Å²) in [6, 6.07) is 2.42. The molecule has 1 fully saturated rings. The molecule has 0 bridgehead atoms. The largest absolute Gasteiger partial charge is 0.352 e. The monoisotopic (exact) mass is 264 g/mol. The maximum Gasteiger partial charge on any atom is 0.252 e. The smallest absolute Gasteiger partial charge is 0.252 e. The van der Waals surface area contributed by atoms with Crippen molar-refractivity contribution < 1.29 is 0 Å². The molecule has 1 aromatic rings. The lowest BCUT2D eigenvalue weighted by Gasteiger charge is -2.34. The number of hydrogen-bond acceptors (Lipinski definition) is 4. The zero-order chi connectivity index (χ0) is 13.8. The second kappa shape index (κ2) is 6.19. The van der Waals surface area contributed by atoms with E-state index in [9.17, 15) is 4.79 Å². The van der Waals surface area contributed by atoms with Crippen LogP contribution < -0.4 is 15.8 Å². The molecule has 1 aliphatic rings. The van der Waals surface area contributed by atoms with Gasteiger partial charge in [-0.3, -0.25) is 4.79 Å². The van der Waals surface area contributed by atoms with Crippen LogP contribution in [-0.2, 0) is 0 Å². The van der Waals surface area contributed by atoms with E-state index in [4.69, 9.17) is 0 Å². The Kier molecular flexibility index (Phi) is 4.58. The molecule has 1 saturated heterocycles. The maximum absolute atomic E-state index is 11.6. The molecule has 1 unspecified atom stereocenters. The number of H-pyrrole nitrogens is 1. The van der Waals surface area contributed by atoms with Gasteiger partial charge >= 0.3 is 0 Å². The lowest BCUT2D eigenvalue weighted by Crippen LogP contribution is -2.46. The minimum atomic E-state index is -0.0789. The Morgan fingerprint density at radius 2 is 2.26 bits per heavy atom. The molecule has 0 amide bonds. The van der Waals surface area contributed by atoms with Crippen molar-refractivity contribution in [3.63, 3.8) is 0 Å². The summed E-state index contributed by atoms with van der Waals surface area (Å²) in [4.78, 5) is 21.0. The molecule has 1 aromatic heterocycles. The lowest BCUT2D eigenvalue weighted by atomic mass is 10.0. The van der Waals surface area contributed by atoms with Crippen LogP contribution in [0.5, 0.6) is 0 Å². The highest BCUT2D eigenvalue weighted by molar-refractivity contribution is 5.38. The highest BCUT2D eigenvalue weighted by atomic mass is 16.1. The van der Waals surface area contributed by atoms with Crippen molar-refractivity contribution in [2.24, 2.45) is 0 Å². The average Bonchev–Trinajstić information content (AvgIpc) is 2.35. The average molecular weight is 264 g/mol. The topological polar surface area (TPSA) is 61.0 Å². The maximum atomic E-state index is 11.6. The molecule has 0 radical (unpaired) electrons. The van der Waals surface area contributed by atoms with Crippen LogP contribution in [0.2, 0.25) is 0 Å². The van der Waals surface area contributed by atoms with Crippen LogP contribution in [-0.4, -0.2) is 35.1 Å². The van der Waals surface area contributed by atoms with E-state index < -0.39 is 0 Å². The van der Waals surface area contributed by atoms with Crippen molar-refractivity contribution in [2.45, 2.75) is 52.1 Å². The van der Waals surface area contributed by atoms with Crippen LogP contribution in [0.1, 0.15) is 38.9 Å². The van der Waals surface area contributed by atoms with Crippen LogP contribution in [0.4, 0.5) is 5.82 Å². The van der Waals surface area contributed by atoms with Crippen LogP contribution in [0, 0.1) is 6.92 Å². The van der Waals surface area contributed by atoms with Gasteiger partial charge in [-0.1, -0.05) is 6.42 Å². The third-order valence-electron chi connectivity index (χ3n) is 3.59. The van der Waals surface area contributed by atoms with Gasteiger partial charge < -0.3 is 15.2 Å². The van der Waals surface area contributed by atoms with Crippen LogP contribution in [0.15, 0.2) is 10.9 Å². The van der Waals surface area contributed by atoms with Gasteiger partial charge in [-0.25, -0.2) is 4.98 Å². The minimum Gasteiger partial charge on any atom is -0.352 e. The molecule has 1 aliphatic heterocycles. The summed E-state index contributed by atoms with van der Waals surface area (Å²) in [5.41, 5.74) is -0.0789. The molecule has 0 aromatic carbocycles. The molecule has 106 valence electrons. The molecule has 0 aliphatic carbocycles. The van der Waals surface area contributed by atoms with Crippen molar-refractivity contribution in [2.75, 3.05) is 18.0 Å². The zero-order valence-corrected chi connectivity index (χ0v) is 12.1. The molecule has 19 heavy (non-hydrogen) atoms. The highest BCUT2D eigenvalue weighted by Crippen LogP contribution is 2.16. The van der Waals surface area contributed by atoms with E-state index in [0.29, 0.717) is 17.9 Å². The first-order chi connectivity index (χ1) is 9.06. The Labute approximate surface area is 114 Å². The minimum absolute atomic E-state index is 0.0789. The molecule has 5 heteroatoms. The number of piperidine rings is 1. The van der Waals surface area contributed by atoms with Gasteiger partial charge in [0.2, 0.25) is 0 Å². The van der Waals surface area contributed by atoms with Gasteiger partial charge in [0, 0.05) is 24.7 Å². The second-order valence-corrected chi connectivity index (χ2v) is 5.58. The number of anilines is 1. The molecule has 2 heterocycles. The number of aromatic amines is 1. The van der Waals surface area contributed by atoms with Crippen molar-refractivity contribution in [1.29, 1.82) is 0 Å². The molecule has 0 saturated carbocycles. The molecule has 5 nitrogen and oxygen atoms in total. The number of hydrogen-bond donors (Lipinski definition) is 2. The molecule has 0 spiro atoms. The molecular formula is C14H24N4O. The predicted molar refractivity (Wildman–Crippen MR) is 77.7 cm³/mol. The third-order valence-corrected chi connectivity index (χ3v) is 3.59. The van der Waals surface area contributed by atoms with E-state index in [1.807, 2.05) is 6.92 Å². The highest BCUT2D eigenvalue weighted by Gasteiger charge is 2.20. The molecule has 2 rings (SSSR count). The summed E-state index contributed by atoms with van der Waals surface area (Å²) >= 11 is 0. The van der Waals surface area contributed by atoms with E-state index in [1.54, 1.807) is 6.07 Å². The Morgan fingerprint density at radius 3 is 2.84 bits per heavy atom. The quantitative estimate of drug-likeness (QED) is 0.864. The summed E-state index contributed by atoms with van der Waals surface area (Å²) in [5.74, 6) is 1.45. The fourth-order valence-electron chi connectivity index (χ4n) is 2.60. The Balaban J connectivity index is 2.16. The number of rotatable bonds is 4. The first kappa shape index (κ1) is 14.1. The van der Waals surface area contributed by atoms with E-state index in [-0.39, 0.29) is 5.56 Å². The first-order valence-corrected chi connectivity index (χ1v) is 7.14. The van der Waals surface area contributed by atoms with E-state index in [2.05, 4.69) is 34.0 Å². The SMILES string of the molecule is Cc1nc(N(CC2CCCCN2)C(C)C)cc(=O)[nH]1. The number of aryl methyl sites for hydroxylation is 1. The van der Waals surface area contributed by atoms with Crippen LogP contribution in [0.25, 0.3) is 0 Å². The van der Waals surface area contributed by atoms with Gasteiger partial charge in [-0.2, -0.15) is 0 Å². The molecule has 2 N–H and O–H groups in total. The molecular weight excluding hydrogens is 240 g/mol. The first-order valence-electron chi connectivity index (χ1n) is 7.14. The van der Waals surface area contributed by atoms with Gasteiger partial charge in [-0.05, 0) is 40.2 Å². The summed E-state index contributed by atoms with van der Waals surface area (Å²) in [7, 11) is 0. The van der Waals surface area contributed by atoms with E-state index in [1.165, 1.54) is 19.3 Å². The lowest BCUT2D eigenvalue weighted by molar-refractivity contribution is 0.392. The Bertz CT molecular complexity index is 463. The fourth-order valence-corrected chi connectivity index (χ4v) is 2.60. The van der Waals surface area contributed by atoms with Gasteiger partial charge in [0.15, 0.2) is 0 Å².